The fourth-order valence-electron chi connectivity index (χ4n) is 4.17. The Morgan fingerprint density at radius 3 is 2.29 bits per heavy atom. The van der Waals surface area contributed by atoms with Gasteiger partial charge < -0.3 is 14.5 Å². The van der Waals surface area contributed by atoms with Gasteiger partial charge in [-0.2, -0.15) is 17.5 Å². The number of ether oxygens (including phenoxy) is 1. The third-order valence-electron chi connectivity index (χ3n) is 6.11. The first-order valence-electron chi connectivity index (χ1n) is 11.1. The van der Waals surface area contributed by atoms with Crippen molar-refractivity contribution in [1.29, 1.82) is 0 Å². The molecule has 0 saturated carbocycles. The second-order valence-corrected chi connectivity index (χ2v) is 11.0. The Morgan fingerprint density at radius 1 is 0.971 bits per heavy atom. The molecule has 0 unspecified atom stereocenters. The van der Waals surface area contributed by atoms with Crippen molar-refractivity contribution in [2.45, 2.75) is 16.0 Å². The van der Waals surface area contributed by atoms with Crippen LogP contribution in [0.2, 0.25) is 0 Å². The summed E-state index contributed by atoms with van der Waals surface area (Å²) in [5.41, 5.74) is -0.000864. The lowest BCUT2D eigenvalue weighted by Gasteiger charge is -2.35. The van der Waals surface area contributed by atoms with Crippen LogP contribution in [0.25, 0.3) is 0 Å². The maximum absolute atomic E-state index is 13.4. The minimum atomic E-state index is -4.44. The van der Waals surface area contributed by atoms with Gasteiger partial charge in [-0.3, -0.25) is 4.79 Å². The van der Waals surface area contributed by atoms with Crippen LogP contribution >= 0.6 is 11.8 Å². The molecule has 12 heteroatoms. The molecule has 0 spiro atoms. The summed E-state index contributed by atoms with van der Waals surface area (Å²) in [6.07, 6.45) is -2.62. The summed E-state index contributed by atoms with van der Waals surface area (Å²) in [5.74, 6) is -0.232. The minimum Gasteiger partial charge on any atom is -0.378 e. The van der Waals surface area contributed by atoms with Gasteiger partial charge in [-0.1, -0.05) is 6.07 Å². The zero-order chi connectivity index (χ0) is 25.2. The van der Waals surface area contributed by atoms with Crippen molar-refractivity contribution in [2.75, 3.05) is 63.6 Å². The molecule has 2 aromatic carbocycles. The van der Waals surface area contributed by atoms with Crippen molar-refractivity contribution in [3.05, 3.63) is 53.6 Å². The van der Waals surface area contributed by atoms with Gasteiger partial charge in [0.15, 0.2) is 0 Å². The Bertz CT molecular complexity index is 1180. The molecule has 35 heavy (non-hydrogen) atoms. The lowest BCUT2D eigenvalue weighted by molar-refractivity contribution is -0.137. The number of halogens is 3. The van der Waals surface area contributed by atoms with Gasteiger partial charge in [0.05, 0.1) is 29.2 Å². The minimum absolute atomic E-state index is 0.0272. The van der Waals surface area contributed by atoms with E-state index in [9.17, 15) is 26.4 Å². The highest BCUT2D eigenvalue weighted by Gasteiger charge is 2.33. The summed E-state index contributed by atoms with van der Waals surface area (Å²) in [7, 11) is -3.89. The summed E-state index contributed by atoms with van der Waals surface area (Å²) in [5, 5.41) is 0. The molecule has 0 N–H and O–H groups in total. The molecule has 7 nitrogen and oxygen atoms in total. The molecule has 1 amide bonds. The monoisotopic (exact) mass is 529 g/mol. The number of hydrogen-bond donors (Lipinski definition) is 0. The standard InChI is InChI=1S/C23H26F3N3O4S2/c1-34-21-6-5-19(16-20(21)22(30)28-11-13-33-14-12-28)35(31,32)29-9-7-27(8-10-29)18-4-2-3-17(15-18)23(24,25)26/h2-6,15-16H,7-14H2,1H3. The number of carbonyl (C=O) groups is 1. The molecule has 4 rings (SSSR count). The average molecular weight is 530 g/mol. The first kappa shape index (κ1) is 25.8. The molecular formula is C23H26F3N3O4S2. The third-order valence-corrected chi connectivity index (χ3v) is 8.81. The lowest BCUT2D eigenvalue weighted by atomic mass is 10.1. The molecule has 0 aliphatic carbocycles. The zero-order valence-corrected chi connectivity index (χ0v) is 20.8. The SMILES string of the molecule is CSc1ccc(S(=O)(=O)N2CCN(c3cccc(C(F)(F)F)c3)CC2)cc1C(=O)N1CCOCC1. The molecule has 2 fully saturated rings. The van der Waals surface area contributed by atoms with Crippen molar-refractivity contribution < 1.29 is 31.1 Å². The molecule has 2 aliphatic heterocycles. The van der Waals surface area contributed by atoms with Gasteiger partial charge >= 0.3 is 6.18 Å². The summed E-state index contributed by atoms with van der Waals surface area (Å²) in [6, 6.07) is 9.59. The normalized spacial score (nSPS) is 18.1. The maximum Gasteiger partial charge on any atom is 0.416 e. The Labute approximate surface area is 206 Å². The number of morpholine rings is 1. The Hall–Kier alpha value is -2.28. The topological polar surface area (TPSA) is 70.2 Å². The van der Waals surface area contributed by atoms with Crippen molar-refractivity contribution in [3.63, 3.8) is 0 Å². The number of amides is 1. The molecule has 0 aromatic heterocycles. The molecule has 2 heterocycles. The largest absolute Gasteiger partial charge is 0.416 e. The van der Waals surface area contributed by atoms with Crippen LogP contribution in [-0.2, 0) is 20.9 Å². The Morgan fingerprint density at radius 2 is 1.66 bits per heavy atom. The van der Waals surface area contributed by atoms with Gasteiger partial charge in [-0.25, -0.2) is 8.42 Å². The summed E-state index contributed by atoms with van der Waals surface area (Å²) in [4.78, 5) is 17.2. The summed E-state index contributed by atoms with van der Waals surface area (Å²) >= 11 is 1.37. The molecular weight excluding hydrogens is 503 g/mol. The smallest absolute Gasteiger partial charge is 0.378 e. The molecule has 2 aliphatic rings. The lowest BCUT2D eigenvalue weighted by Crippen LogP contribution is -2.48. The van der Waals surface area contributed by atoms with Gasteiger partial charge in [0.1, 0.15) is 0 Å². The highest BCUT2D eigenvalue weighted by atomic mass is 32.2. The van der Waals surface area contributed by atoms with Gasteiger partial charge in [-0.05, 0) is 42.7 Å². The Balaban J connectivity index is 1.51. The van der Waals surface area contributed by atoms with Crippen LogP contribution in [0.3, 0.4) is 0 Å². The number of piperazine rings is 1. The van der Waals surface area contributed by atoms with Gasteiger partial charge in [-0.15, -0.1) is 11.8 Å². The number of alkyl halides is 3. The van der Waals surface area contributed by atoms with Crippen LogP contribution in [0.1, 0.15) is 15.9 Å². The zero-order valence-electron chi connectivity index (χ0n) is 19.1. The number of benzene rings is 2. The van der Waals surface area contributed by atoms with E-state index in [1.54, 1.807) is 21.9 Å². The highest BCUT2D eigenvalue weighted by molar-refractivity contribution is 7.98. The van der Waals surface area contributed by atoms with E-state index in [0.717, 1.165) is 12.1 Å². The van der Waals surface area contributed by atoms with E-state index in [-0.39, 0.29) is 37.0 Å². The molecule has 0 atom stereocenters. The van der Waals surface area contributed by atoms with E-state index in [0.29, 0.717) is 42.4 Å². The molecule has 0 radical (unpaired) electrons. The average Bonchev–Trinajstić information content (AvgIpc) is 2.88. The van der Waals surface area contributed by atoms with E-state index in [1.165, 1.54) is 34.3 Å². The van der Waals surface area contributed by atoms with Crippen LogP contribution in [-0.4, -0.2) is 82.3 Å². The van der Waals surface area contributed by atoms with Crippen molar-refractivity contribution in [2.24, 2.45) is 0 Å². The van der Waals surface area contributed by atoms with Gasteiger partial charge in [0.2, 0.25) is 10.0 Å². The van der Waals surface area contributed by atoms with Crippen LogP contribution in [0.15, 0.2) is 52.3 Å². The third kappa shape index (κ3) is 5.60. The summed E-state index contributed by atoms with van der Waals surface area (Å²) < 4.78 is 72.6. The molecule has 2 saturated heterocycles. The number of sulfonamides is 1. The van der Waals surface area contributed by atoms with Crippen LogP contribution < -0.4 is 4.90 Å². The number of hydrogen-bond acceptors (Lipinski definition) is 6. The predicted molar refractivity (Wildman–Crippen MR) is 127 cm³/mol. The first-order valence-corrected chi connectivity index (χ1v) is 13.7. The molecule has 0 bridgehead atoms. The first-order chi connectivity index (χ1) is 16.6. The summed E-state index contributed by atoms with van der Waals surface area (Å²) in [6.45, 7) is 2.52. The number of anilines is 1. The van der Waals surface area contributed by atoms with Crippen LogP contribution in [0.5, 0.6) is 0 Å². The van der Waals surface area contributed by atoms with E-state index in [2.05, 4.69) is 0 Å². The van der Waals surface area contributed by atoms with E-state index in [1.807, 2.05) is 6.26 Å². The van der Waals surface area contributed by atoms with Gasteiger partial charge in [0, 0.05) is 49.9 Å². The highest BCUT2D eigenvalue weighted by Crippen LogP contribution is 2.32. The van der Waals surface area contributed by atoms with Crippen LogP contribution in [0, 0.1) is 0 Å². The van der Waals surface area contributed by atoms with Gasteiger partial charge in [0.25, 0.3) is 5.91 Å². The Kier molecular flexibility index (Phi) is 7.65. The number of rotatable bonds is 5. The predicted octanol–water partition coefficient (Wildman–Crippen LogP) is 3.41. The van der Waals surface area contributed by atoms with E-state index >= 15 is 0 Å². The van der Waals surface area contributed by atoms with Crippen molar-refractivity contribution >= 4 is 33.4 Å². The quantitative estimate of drug-likeness (QED) is 0.553. The van der Waals surface area contributed by atoms with Crippen LogP contribution in [0.4, 0.5) is 18.9 Å². The molecule has 190 valence electrons. The fourth-order valence-corrected chi connectivity index (χ4v) is 6.19. The second kappa shape index (κ2) is 10.4. The fraction of sp³-hybridized carbons (Fsp3) is 0.435. The van der Waals surface area contributed by atoms with E-state index < -0.39 is 21.8 Å². The number of nitrogens with zero attached hydrogens (tertiary/aromatic N) is 3. The number of carbonyl (C=O) groups excluding carboxylic acids is 1. The van der Waals surface area contributed by atoms with Crippen molar-refractivity contribution in [3.8, 4) is 0 Å². The maximum atomic E-state index is 13.4. The van der Waals surface area contributed by atoms with Crippen molar-refractivity contribution in [1.82, 2.24) is 9.21 Å². The molecule has 2 aromatic rings. The second-order valence-electron chi connectivity index (χ2n) is 8.21. The number of thioether (sulfide) groups is 1. The van der Waals surface area contributed by atoms with E-state index in [4.69, 9.17) is 4.74 Å².